The van der Waals surface area contributed by atoms with Gasteiger partial charge in [-0.15, -0.1) is 0 Å². The van der Waals surface area contributed by atoms with Crippen LogP contribution in [0.25, 0.3) is 0 Å². The number of benzene rings is 4. The van der Waals surface area contributed by atoms with Crippen molar-refractivity contribution >= 4 is 21.9 Å². The van der Waals surface area contributed by atoms with E-state index in [1.165, 1.54) is 18.2 Å². The van der Waals surface area contributed by atoms with Crippen LogP contribution in [0.1, 0.15) is 50.4 Å². The van der Waals surface area contributed by atoms with Gasteiger partial charge in [0.15, 0.2) is 0 Å². The smallest absolute Gasteiger partial charge is 0.306 e. The third-order valence-electron chi connectivity index (χ3n) is 7.22. The number of rotatable bonds is 15. The molecule has 46 heavy (non-hydrogen) atoms. The van der Waals surface area contributed by atoms with Crippen molar-refractivity contribution in [2.24, 2.45) is 0 Å². The van der Waals surface area contributed by atoms with Crippen molar-refractivity contribution in [2.75, 3.05) is 19.9 Å². The molecule has 0 aliphatic carbocycles. The lowest BCUT2D eigenvalue weighted by atomic mass is 10.00. The molecule has 0 saturated carbocycles. The maximum atomic E-state index is 13.7. The predicted molar refractivity (Wildman–Crippen MR) is 176 cm³/mol. The average Bonchev–Trinajstić information content (AvgIpc) is 3.04. The van der Waals surface area contributed by atoms with Crippen molar-refractivity contribution in [3.63, 3.8) is 0 Å². The number of hydrogen-bond donors (Lipinski definition) is 4. The summed E-state index contributed by atoms with van der Waals surface area (Å²) >= 11 is 0. The second kappa shape index (κ2) is 16.0. The largest absolute Gasteiger partial charge is 0.497 e. The van der Waals surface area contributed by atoms with E-state index in [0.717, 1.165) is 28.7 Å². The van der Waals surface area contributed by atoms with Crippen LogP contribution in [-0.4, -0.2) is 57.4 Å². The van der Waals surface area contributed by atoms with E-state index in [0.29, 0.717) is 13.0 Å². The number of ether oxygens (including phenoxy) is 1. The first-order chi connectivity index (χ1) is 22.0. The highest BCUT2D eigenvalue weighted by molar-refractivity contribution is 7.86. The summed E-state index contributed by atoms with van der Waals surface area (Å²) in [6.45, 7) is 2.44. The highest BCUT2D eigenvalue weighted by atomic mass is 32.2. The Morgan fingerprint density at radius 3 is 2.02 bits per heavy atom. The molecule has 0 heterocycles. The monoisotopic (exact) mass is 645 g/mol. The summed E-state index contributed by atoms with van der Waals surface area (Å²) in [6, 6.07) is 29.1. The Morgan fingerprint density at radius 1 is 0.783 bits per heavy atom. The average molecular weight is 646 g/mol. The van der Waals surface area contributed by atoms with E-state index in [1.54, 1.807) is 7.11 Å². The van der Waals surface area contributed by atoms with Crippen molar-refractivity contribution in [3.8, 4) is 11.5 Å². The number of hydrogen-bond acceptors (Lipinski definition) is 8. The van der Waals surface area contributed by atoms with E-state index in [9.17, 15) is 23.1 Å². The molecular weight excluding hydrogens is 606 g/mol. The van der Waals surface area contributed by atoms with E-state index < -0.39 is 34.1 Å². The second-order valence-corrected chi connectivity index (χ2v) is 12.5. The topological polar surface area (TPSA) is 143 Å². The maximum absolute atomic E-state index is 13.7. The number of carbonyl (C=O) groups is 2. The summed E-state index contributed by atoms with van der Waals surface area (Å²) in [6.07, 6.45) is 0.192. The number of methoxy groups -OCH3 is 1. The lowest BCUT2D eigenvalue weighted by Gasteiger charge is -2.25. The molecule has 4 N–H and O–H groups in total. The van der Waals surface area contributed by atoms with E-state index in [4.69, 9.17) is 8.92 Å². The van der Waals surface area contributed by atoms with Crippen LogP contribution in [0.2, 0.25) is 0 Å². The molecule has 2 amide bonds. The molecule has 10 nitrogen and oxygen atoms in total. The first-order valence-corrected chi connectivity index (χ1v) is 16.6. The molecule has 0 aliphatic heterocycles. The molecule has 242 valence electrons. The van der Waals surface area contributed by atoms with Gasteiger partial charge in [0, 0.05) is 24.2 Å². The van der Waals surface area contributed by atoms with Gasteiger partial charge in [0.2, 0.25) is 0 Å². The Labute approximate surface area is 269 Å². The molecule has 0 unspecified atom stereocenters. The zero-order chi connectivity index (χ0) is 33.1. The molecule has 3 atom stereocenters. The van der Waals surface area contributed by atoms with Crippen LogP contribution in [0, 0.1) is 0 Å². The molecule has 0 aromatic heterocycles. The van der Waals surface area contributed by atoms with Crippen molar-refractivity contribution in [3.05, 3.63) is 131 Å². The lowest BCUT2D eigenvalue weighted by Crippen LogP contribution is -2.48. The van der Waals surface area contributed by atoms with Gasteiger partial charge >= 0.3 is 10.1 Å². The summed E-state index contributed by atoms with van der Waals surface area (Å²) in [5.41, 5.74) is 2.76. The number of aliphatic hydroxyl groups excluding tert-OH is 1. The molecule has 4 aromatic rings. The SMILES string of the molecule is COc1cccc(CNC[C@H](O)[C@H](Cc2ccccc2)NC(=O)c2cc(OS(C)(=O)=O)cc(C(=O)N[C@H](C)c3ccccc3)c2)c1. The lowest BCUT2D eigenvalue weighted by molar-refractivity contribution is 0.0829. The third-order valence-corrected chi connectivity index (χ3v) is 7.72. The Morgan fingerprint density at radius 2 is 1.39 bits per heavy atom. The van der Waals surface area contributed by atoms with E-state index in [1.807, 2.05) is 91.9 Å². The molecule has 4 rings (SSSR count). The molecule has 0 aliphatic rings. The van der Waals surface area contributed by atoms with Gasteiger partial charge < -0.3 is 30.0 Å². The van der Waals surface area contributed by atoms with Crippen LogP contribution < -0.4 is 24.9 Å². The first kappa shape index (κ1) is 34.2. The highest BCUT2D eigenvalue weighted by Crippen LogP contribution is 2.21. The van der Waals surface area contributed by atoms with Crippen molar-refractivity contribution < 1.29 is 32.0 Å². The normalized spacial score (nSPS) is 13.2. The van der Waals surface area contributed by atoms with Crippen LogP contribution in [0.15, 0.2) is 103 Å². The van der Waals surface area contributed by atoms with Gasteiger partial charge in [-0.05, 0) is 60.4 Å². The fraction of sp³-hybridized carbons (Fsp3) is 0.257. The highest BCUT2D eigenvalue weighted by Gasteiger charge is 2.24. The Balaban J connectivity index is 1.54. The molecule has 11 heteroatoms. The van der Waals surface area contributed by atoms with Gasteiger partial charge in [-0.2, -0.15) is 8.42 Å². The molecule has 0 fully saturated rings. The number of carbonyl (C=O) groups excluding carboxylic acids is 2. The summed E-state index contributed by atoms with van der Waals surface area (Å²) < 4.78 is 34.3. The predicted octanol–water partition coefficient (Wildman–Crippen LogP) is 4.02. The van der Waals surface area contributed by atoms with Gasteiger partial charge in [0.05, 0.1) is 31.6 Å². The minimum Gasteiger partial charge on any atom is -0.497 e. The van der Waals surface area contributed by atoms with Crippen LogP contribution >= 0.6 is 0 Å². The number of aliphatic hydroxyl groups is 1. The fourth-order valence-electron chi connectivity index (χ4n) is 4.88. The van der Waals surface area contributed by atoms with Gasteiger partial charge in [-0.3, -0.25) is 9.59 Å². The van der Waals surface area contributed by atoms with Gasteiger partial charge in [-0.25, -0.2) is 0 Å². The van der Waals surface area contributed by atoms with Crippen molar-refractivity contribution in [1.29, 1.82) is 0 Å². The summed E-state index contributed by atoms with van der Waals surface area (Å²) in [4.78, 5) is 26.9. The molecule has 0 bridgehead atoms. The minimum absolute atomic E-state index is 0.00624. The Bertz CT molecular complexity index is 1720. The zero-order valence-corrected chi connectivity index (χ0v) is 26.8. The van der Waals surface area contributed by atoms with E-state index in [-0.39, 0.29) is 29.5 Å². The summed E-state index contributed by atoms with van der Waals surface area (Å²) in [5, 5.41) is 20.2. The first-order valence-electron chi connectivity index (χ1n) is 14.8. The second-order valence-electron chi connectivity index (χ2n) is 11.0. The minimum atomic E-state index is -3.96. The fourth-order valence-corrected chi connectivity index (χ4v) is 5.33. The Kier molecular flexibility index (Phi) is 11.9. The Hall–Kier alpha value is -4.71. The van der Waals surface area contributed by atoms with Crippen molar-refractivity contribution in [2.45, 2.75) is 38.1 Å². The van der Waals surface area contributed by atoms with Gasteiger partial charge in [-0.1, -0.05) is 72.8 Å². The molecule has 0 spiro atoms. The molecule has 4 aromatic carbocycles. The number of amides is 2. The molecule has 0 radical (unpaired) electrons. The zero-order valence-electron chi connectivity index (χ0n) is 26.0. The van der Waals surface area contributed by atoms with Gasteiger partial charge in [0.25, 0.3) is 11.8 Å². The quantitative estimate of drug-likeness (QED) is 0.142. The van der Waals surface area contributed by atoms with E-state index in [2.05, 4.69) is 16.0 Å². The molecule has 0 saturated heterocycles. The summed E-state index contributed by atoms with van der Waals surface area (Å²) in [7, 11) is -2.37. The third kappa shape index (κ3) is 10.4. The summed E-state index contributed by atoms with van der Waals surface area (Å²) in [5.74, 6) is -0.602. The van der Waals surface area contributed by atoms with Crippen molar-refractivity contribution in [1.82, 2.24) is 16.0 Å². The maximum Gasteiger partial charge on any atom is 0.306 e. The van der Waals surface area contributed by atoms with Crippen LogP contribution in [-0.2, 0) is 23.1 Å². The van der Waals surface area contributed by atoms with E-state index >= 15 is 0 Å². The number of nitrogens with one attached hydrogen (secondary N) is 3. The van der Waals surface area contributed by atoms with Crippen LogP contribution in [0.4, 0.5) is 0 Å². The standard InChI is InChI=1S/C35H39N3O7S/c1-24(27-14-8-5-9-15-27)37-34(40)28-19-29(21-31(20-28)45-46(3,42)43)35(41)38-32(18-25-11-6-4-7-12-25)33(39)23-36-22-26-13-10-16-30(17-26)44-2/h4-17,19-21,24,32-33,36,39H,18,22-23H2,1-3H3,(H,37,40)(H,38,41)/t24-,32+,33+/m1/s1. The van der Waals surface area contributed by atoms with Crippen LogP contribution in [0.5, 0.6) is 11.5 Å². The molecular formula is C35H39N3O7S. The van der Waals surface area contributed by atoms with Crippen LogP contribution in [0.3, 0.4) is 0 Å². The van der Waals surface area contributed by atoms with Gasteiger partial charge in [0.1, 0.15) is 11.5 Å².